The van der Waals surface area contributed by atoms with E-state index in [4.69, 9.17) is 5.73 Å². The third-order valence-corrected chi connectivity index (χ3v) is 4.23. The Morgan fingerprint density at radius 2 is 2.00 bits per heavy atom. The van der Waals surface area contributed by atoms with Gasteiger partial charge >= 0.3 is 0 Å². The van der Waals surface area contributed by atoms with E-state index in [1.54, 1.807) is 12.1 Å². The summed E-state index contributed by atoms with van der Waals surface area (Å²) in [6.07, 6.45) is 6.44. The minimum Gasteiger partial charge on any atom is -0.399 e. The Labute approximate surface area is 123 Å². The molecule has 0 heterocycles. The molecule has 0 spiro atoms. The average molecular weight is 325 g/mol. The molecular weight excluding hydrogens is 304 g/mol. The second-order valence-electron chi connectivity index (χ2n) is 5.46. The lowest BCUT2D eigenvalue weighted by molar-refractivity contribution is 0.0760. The Kier molecular flexibility index (Phi) is 4.86. The Morgan fingerprint density at radius 3 is 2.63 bits per heavy atom. The van der Waals surface area contributed by atoms with Crippen LogP contribution in [0.1, 0.15) is 42.5 Å². The summed E-state index contributed by atoms with van der Waals surface area (Å²) in [6, 6.07) is 5.37. The van der Waals surface area contributed by atoms with Crippen LogP contribution in [0.25, 0.3) is 0 Å². The lowest BCUT2D eigenvalue weighted by Gasteiger charge is -2.27. The number of nitrogens with zero attached hydrogens (tertiary/aromatic N) is 1. The zero-order valence-electron chi connectivity index (χ0n) is 11.4. The molecule has 0 aliphatic heterocycles. The van der Waals surface area contributed by atoms with Gasteiger partial charge in [-0.25, -0.2) is 0 Å². The van der Waals surface area contributed by atoms with E-state index >= 15 is 0 Å². The van der Waals surface area contributed by atoms with E-state index in [1.165, 1.54) is 32.1 Å². The molecule has 104 valence electrons. The summed E-state index contributed by atoms with van der Waals surface area (Å²) in [5, 5.41) is 0. The molecule has 1 saturated carbocycles. The fourth-order valence-corrected chi connectivity index (χ4v) is 3.31. The van der Waals surface area contributed by atoms with Crippen molar-refractivity contribution in [1.29, 1.82) is 0 Å². The molecule has 19 heavy (non-hydrogen) atoms. The molecule has 2 N–H and O–H groups in total. The van der Waals surface area contributed by atoms with Gasteiger partial charge in [0.25, 0.3) is 5.91 Å². The molecule has 0 unspecified atom stereocenters. The summed E-state index contributed by atoms with van der Waals surface area (Å²) in [5.41, 5.74) is 7.05. The van der Waals surface area contributed by atoms with Crippen LogP contribution in [-0.4, -0.2) is 24.4 Å². The van der Waals surface area contributed by atoms with Gasteiger partial charge in [0.05, 0.1) is 0 Å². The van der Waals surface area contributed by atoms with Crippen molar-refractivity contribution in [3.8, 4) is 0 Å². The summed E-state index contributed by atoms with van der Waals surface area (Å²) in [6.45, 7) is 0.852. The van der Waals surface area contributed by atoms with Gasteiger partial charge in [0, 0.05) is 29.3 Å². The van der Waals surface area contributed by atoms with E-state index in [9.17, 15) is 4.79 Å². The number of carbonyl (C=O) groups excluding carboxylic acids is 1. The van der Waals surface area contributed by atoms with Crippen molar-refractivity contribution >= 4 is 27.5 Å². The van der Waals surface area contributed by atoms with Crippen LogP contribution in [-0.2, 0) is 0 Å². The number of nitrogens with two attached hydrogens (primary N) is 1. The first-order valence-corrected chi connectivity index (χ1v) is 7.67. The molecule has 0 atom stereocenters. The van der Waals surface area contributed by atoms with Crippen LogP contribution >= 0.6 is 15.9 Å². The van der Waals surface area contributed by atoms with Gasteiger partial charge in [0.2, 0.25) is 0 Å². The monoisotopic (exact) mass is 324 g/mol. The molecular formula is C15H21BrN2O. The first-order chi connectivity index (χ1) is 9.06. The van der Waals surface area contributed by atoms with Crippen LogP contribution in [0.2, 0.25) is 0 Å². The van der Waals surface area contributed by atoms with Crippen molar-refractivity contribution in [2.45, 2.75) is 32.1 Å². The molecule has 2 rings (SSSR count). The van der Waals surface area contributed by atoms with E-state index in [0.29, 0.717) is 17.2 Å². The smallest absolute Gasteiger partial charge is 0.253 e. The molecule has 0 bridgehead atoms. The zero-order chi connectivity index (χ0) is 13.8. The molecule has 1 amide bonds. The molecule has 0 aromatic heterocycles. The molecule has 1 aliphatic carbocycles. The fraction of sp³-hybridized carbons (Fsp3) is 0.533. The van der Waals surface area contributed by atoms with Crippen LogP contribution in [0, 0.1) is 5.92 Å². The van der Waals surface area contributed by atoms with Gasteiger partial charge < -0.3 is 10.6 Å². The molecule has 1 aliphatic rings. The highest BCUT2D eigenvalue weighted by Crippen LogP contribution is 2.25. The highest BCUT2D eigenvalue weighted by molar-refractivity contribution is 9.10. The third-order valence-electron chi connectivity index (χ3n) is 3.77. The number of carbonyl (C=O) groups is 1. The maximum atomic E-state index is 12.4. The summed E-state index contributed by atoms with van der Waals surface area (Å²) < 4.78 is 0.849. The SMILES string of the molecule is CN(CC1CCCCC1)C(=O)c1cc(N)cc(Br)c1. The Bertz CT molecular complexity index is 435. The van der Waals surface area contributed by atoms with Crippen molar-refractivity contribution < 1.29 is 4.79 Å². The Balaban J connectivity index is 2.01. The quantitative estimate of drug-likeness (QED) is 0.862. The van der Waals surface area contributed by atoms with E-state index in [2.05, 4.69) is 15.9 Å². The second-order valence-corrected chi connectivity index (χ2v) is 6.38. The largest absolute Gasteiger partial charge is 0.399 e. The van der Waals surface area contributed by atoms with Crippen molar-refractivity contribution in [1.82, 2.24) is 4.90 Å². The third kappa shape index (κ3) is 3.96. The van der Waals surface area contributed by atoms with Gasteiger partial charge in [-0.2, -0.15) is 0 Å². The molecule has 4 heteroatoms. The lowest BCUT2D eigenvalue weighted by atomic mass is 9.89. The highest BCUT2D eigenvalue weighted by atomic mass is 79.9. The van der Waals surface area contributed by atoms with E-state index in [0.717, 1.165) is 11.0 Å². The van der Waals surface area contributed by atoms with Gasteiger partial charge in [-0.1, -0.05) is 35.2 Å². The minimum atomic E-state index is 0.0542. The minimum absolute atomic E-state index is 0.0542. The molecule has 1 aromatic carbocycles. The van der Waals surface area contributed by atoms with E-state index in [1.807, 2.05) is 18.0 Å². The van der Waals surface area contributed by atoms with Gasteiger partial charge in [0.1, 0.15) is 0 Å². The van der Waals surface area contributed by atoms with E-state index in [-0.39, 0.29) is 5.91 Å². The van der Waals surface area contributed by atoms with Crippen molar-refractivity contribution in [2.24, 2.45) is 5.92 Å². The summed E-state index contributed by atoms with van der Waals surface area (Å²) in [5.74, 6) is 0.714. The number of halogens is 1. The first kappa shape index (κ1) is 14.4. The summed E-state index contributed by atoms with van der Waals surface area (Å²) in [7, 11) is 1.88. The van der Waals surface area contributed by atoms with Crippen LogP contribution in [0.3, 0.4) is 0 Å². The first-order valence-electron chi connectivity index (χ1n) is 6.88. The van der Waals surface area contributed by atoms with Crippen molar-refractivity contribution in [3.05, 3.63) is 28.2 Å². The number of hydrogen-bond donors (Lipinski definition) is 1. The van der Waals surface area contributed by atoms with Gasteiger partial charge in [0.15, 0.2) is 0 Å². The Morgan fingerprint density at radius 1 is 1.32 bits per heavy atom. The highest BCUT2D eigenvalue weighted by Gasteiger charge is 2.19. The van der Waals surface area contributed by atoms with Crippen LogP contribution in [0.15, 0.2) is 22.7 Å². The van der Waals surface area contributed by atoms with Crippen molar-refractivity contribution in [3.63, 3.8) is 0 Å². The predicted molar refractivity (Wildman–Crippen MR) is 82.1 cm³/mol. The van der Waals surface area contributed by atoms with Crippen LogP contribution in [0.4, 0.5) is 5.69 Å². The maximum Gasteiger partial charge on any atom is 0.253 e. The standard InChI is InChI=1S/C15H21BrN2O/c1-18(10-11-5-3-2-4-6-11)15(19)12-7-13(16)9-14(17)8-12/h7-9,11H,2-6,10,17H2,1H3. The molecule has 1 aromatic rings. The van der Waals surface area contributed by atoms with Crippen molar-refractivity contribution in [2.75, 3.05) is 19.3 Å². The molecule has 0 saturated heterocycles. The molecule has 3 nitrogen and oxygen atoms in total. The number of benzene rings is 1. The van der Waals surface area contributed by atoms with Gasteiger partial charge in [-0.3, -0.25) is 4.79 Å². The zero-order valence-corrected chi connectivity index (χ0v) is 12.9. The van der Waals surface area contributed by atoms with Gasteiger partial charge in [-0.05, 0) is 37.0 Å². The number of amides is 1. The summed E-state index contributed by atoms with van der Waals surface area (Å²) in [4.78, 5) is 14.2. The Hall–Kier alpha value is -1.03. The topological polar surface area (TPSA) is 46.3 Å². The number of rotatable bonds is 3. The lowest BCUT2D eigenvalue weighted by Crippen LogP contribution is -2.32. The number of anilines is 1. The second kappa shape index (κ2) is 6.42. The fourth-order valence-electron chi connectivity index (χ4n) is 2.80. The number of hydrogen-bond acceptors (Lipinski definition) is 2. The molecule has 1 fully saturated rings. The molecule has 0 radical (unpaired) electrons. The van der Waals surface area contributed by atoms with Crippen LogP contribution in [0.5, 0.6) is 0 Å². The average Bonchev–Trinajstić information content (AvgIpc) is 2.37. The predicted octanol–water partition coefficient (Wildman–Crippen LogP) is 3.68. The maximum absolute atomic E-state index is 12.4. The van der Waals surface area contributed by atoms with Crippen LogP contribution < -0.4 is 5.73 Å². The summed E-state index contributed by atoms with van der Waals surface area (Å²) >= 11 is 3.38. The van der Waals surface area contributed by atoms with E-state index < -0.39 is 0 Å². The number of nitrogen functional groups attached to an aromatic ring is 1. The normalized spacial score (nSPS) is 16.3. The van der Waals surface area contributed by atoms with Gasteiger partial charge in [-0.15, -0.1) is 0 Å².